The molecule has 3 aromatic rings. The van der Waals surface area contributed by atoms with Crippen LogP contribution in [0.3, 0.4) is 0 Å². The molecule has 8 nitrogen and oxygen atoms in total. The van der Waals surface area contributed by atoms with E-state index in [0.29, 0.717) is 29.7 Å². The number of carbonyl (C=O) groups excluding carboxylic acids is 1. The molecule has 164 valence electrons. The highest BCUT2D eigenvalue weighted by Gasteiger charge is 2.19. The summed E-state index contributed by atoms with van der Waals surface area (Å²) in [5.41, 5.74) is 0.244. The van der Waals surface area contributed by atoms with Crippen LogP contribution in [0.25, 0.3) is 11.0 Å². The number of sulfonamides is 1. The van der Waals surface area contributed by atoms with Crippen LogP contribution in [0.15, 0.2) is 50.5 Å². The molecule has 31 heavy (non-hydrogen) atoms. The number of primary sulfonamides is 1. The van der Waals surface area contributed by atoms with Crippen LogP contribution in [0.5, 0.6) is 5.75 Å². The van der Waals surface area contributed by atoms with Crippen molar-refractivity contribution in [3.05, 3.63) is 63.0 Å². The van der Waals surface area contributed by atoms with Crippen LogP contribution in [-0.4, -0.2) is 20.9 Å². The second-order valence-corrected chi connectivity index (χ2v) is 8.70. The first-order valence-electron chi connectivity index (χ1n) is 9.52. The second kappa shape index (κ2) is 9.09. The molecule has 0 spiro atoms. The maximum Gasteiger partial charge on any atom is 0.349 e. The Balaban J connectivity index is 1.99. The third-order valence-electron chi connectivity index (χ3n) is 4.52. The average Bonchev–Trinajstić information content (AvgIpc) is 2.70. The van der Waals surface area contributed by atoms with Gasteiger partial charge in [0.25, 0.3) is 5.91 Å². The van der Waals surface area contributed by atoms with Gasteiger partial charge < -0.3 is 14.5 Å². The number of carbonyl (C=O) groups is 1. The fourth-order valence-corrected chi connectivity index (χ4v) is 3.96. The Hall–Kier alpha value is -2.88. The van der Waals surface area contributed by atoms with Crippen LogP contribution < -0.4 is 20.8 Å². The van der Waals surface area contributed by atoms with Gasteiger partial charge in [0, 0.05) is 10.9 Å². The van der Waals surface area contributed by atoms with E-state index >= 15 is 0 Å². The Labute approximate surface area is 184 Å². The molecular formula is C21H21ClN2O6S. The van der Waals surface area contributed by atoms with Crippen molar-refractivity contribution in [3.8, 4) is 5.75 Å². The number of hydrogen-bond acceptors (Lipinski definition) is 6. The molecule has 1 amide bonds. The zero-order valence-electron chi connectivity index (χ0n) is 16.9. The van der Waals surface area contributed by atoms with Crippen molar-refractivity contribution >= 4 is 44.2 Å². The van der Waals surface area contributed by atoms with Gasteiger partial charge in [0.15, 0.2) is 0 Å². The lowest BCUT2D eigenvalue weighted by Gasteiger charge is -2.12. The average molecular weight is 465 g/mol. The highest BCUT2D eigenvalue weighted by atomic mass is 35.5. The summed E-state index contributed by atoms with van der Waals surface area (Å²) in [6, 6.07) is 8.54. The van der Waals surface area contributed by atoms with Gasteiger partial charge in [-0.1, -0.05) is 24.9 Å². The number of aryl methyl sites for hydroxylation is 1. The second-order valence-electron chi connectivity index (χ2n) is 6.73. The molecule has 0 saturated heterocycles. The monoisotopic (exact) mass is 464 g/mol. The van der Waals surface area contributed by atoms with E-state index in [0.717, 1.165) is 18.1 Å². The molecular weight excluding hydrogens is 444 g/mol. The first-order valence-corrected chi connectivity index (χ1v) is 11.4. The molecule has 0 saturated carbocycles. The fraction of sp³-hybridized carbons (Fsp3) is 0.238. The lowest BCUT2D eigenvalue weighted by atomic mass is 10.0. The van der Waals surface area contributed by atoms with Gasteiger partial charge in [-0.05, 0) is 49.7 Å². The van der Waals surface area contributed by atoms with E-state index in [4.69, 9.17) is 25.9 Å². The number of nitrogens with two attached hydrogens (primary N) is 1. The predicted molar refractivity (Wildman–Crippen MR) is 118 cm³/mol. The van der Waals surface area contributed by atoms with E-state index in [-0.39, 0.29) is 21.2 Å². The number of hydrogen-bond donors (Lipinski definition) is 2. The molecule has 0 unspecified atom stereocenters. The van der Waals surface area contributed by atoms with Crippen LogP contribution in [0.2, 0.25) is 5.02 Å². The van der Waals surface area contributed by atoms with Crippen molar-refractivity contribution in [2.45, 2.75) is 31.6 Å². The van der Waals surface area contributed by atoms with Gasteiger partial charge in [-0.3, -0.25) is 4.79 Å². The Kier molecular flexibility index (Phi) is 6.68. The Morgan fingerprint density at radius 3 is 2.55 bits per heavy atom. The van der Waals surface area contributed by atoms with Gasteiger partial charge in [-0.25, -0.2) is 18.4 Å². The number of rotatable bonds is 7. The zero-order valence-corrected chi connectivity index (χ0v) is 18.5. The molecule has 1 aromatic heterocycles. The maximum atomic E-state index is 12.7. The van der Waals surface area contributed by atoms with Crippen molar-refractivity contribution in [1.82, 2.24) is 0 Å². The predicted octanol–water partition coefficient (Wildman–Crippen LogP) is 3.70. The molecule has 0 fully saturated rings. The number of benzene rings is 2. The van der Waals surface area contributed by atoms with E-state index in [9.17, 15) is 18.0 Å². The van der Waals surface area contributed by atoms with Crippen molar-refractivity contribution in [2.24, 2.45) is 5.14 Å². The van der Waals surface area contributed by atoms with E-state index in [1.54, 1.807) is 12.1 Å². The zero-order chi connectivity index (χ0) is 22.8. The summed E-state index contributed by atoms with van der Waals surface area (Å²) >= 11 is 6.05. The SMILES string of the molecule is CCCc1c(OCC)ccc2cc(C(=O)Nc3ccc(S(N)(=O)=O)cc3Cl)c(=O)oc12. The van der Waals surface area contributed by atoms with Crippen LogP contribution in [0, 0.1) is 0 Å². The lowest BCUT2D eigenvalue weighted by molar-refractivity contribution is 0.102. The summed E-state index contributed by atoms with van der Waals surface area (Å²) < 4.78 is 34.0. The first kappa shape index (κ1) is 22.8. The van der Waals surface area contributed by atoms with Crippen molar-refractivity contribution in [3.63, 3.8) is 0 Å². The first-order chi connectivity index (χ1) is 14.7. The van der Waals surface area contributed by atoms with Crippen molar-refractivity contribution in [1.29, 1.82) is 0 Å². The van der Waals surface area contributed by atoms with Gasteiger partial charge >= 0.3 is 5.63 Å². The molecule has 3 N–H and O–H groups in total. The smallest absolute Gasteiger partial charge is 0.349 e. The standard InChI is InChI=1S/C21H21ClN2O6S/c1-3-5-14-18(29-4-2)9-6-12-10-15(21(26)30-19(12)14)20(25)24-17-8-7-13(11-16(17)22)31(23,27)28/h6-11H,3-5H2,1-2H3,(H,24,25)(H2,23,27,28). The molecule has 2 aromatic carbocycles. The van der Waals surface area contributed by atoms with Gasteiger partial charge in [0.2, 0.25) is 10.0 Å². The van der Waals surface area contributed by atoms with Gasteiger partial charge in [-0.15, -0.1) is 0 Å². The molecule has 0 bridgehead atoms. The van der Waals surface area contributed by atoms with Crippen LogP contribution >= 0.6 is 11.6 Å². The molecule has 0 radical (unpaired) electrons. The minimum absolute atomic E-state index is 0.0448. The summed E-state index contributed by atoms with van der Waals surface area (Å²) in [6.45, 7) is 4.33. The third-order valence-corrected chi connectivity index (χ3v) is 5.75. The van der Waals surface area contributed by atoms with Crippen LogP contribution in [-0.2, 0) is 16.4 Å². The normalized spacial score (nSPS) is 11.5. The minimum Gasteiger partial charge on any atom is -0.493 e. The third kappa shape index (κ3) is 4.90. The number of nitrogens with one attached hydrogen (secondary N) is 1. The van der Waals surface area contributed by atoms with Gasteiger partial charge in [0.05, 0.1) is 22.2 Å². The summed E-state index contributed by atoms with van der Waals surface area (Å²) in [6.07, 6.45) is 1.46. The van der Waals surface area contributed by atoms with Gasteiger partial charge in [-0.2, -0.15) is 0 Å². The van der Waals surface area contributed by atoms with E-state index in [1.807, 2.05) is 13.8 Å². The van der Waals surface area contributed by atoms with E-state index in [1.165, 1.54) is 18.2 Å². The van der Waals surface area contributed by atoms with Crippen LogP contribution in [0.4, 0.5) is 5.69 Å². The van der Waals surface area contributed by atoms with Crippen molar-refractivity contribution < 1.29 is 22.4 Å². The quantitative estimate of drug-likeness (QED) is 0.513. The van der Waals surface area contributed by atoms with Crippen molar-refractivity contribution in [2.75, 3.05) is 11.9 Å². The summed E-state index contributed by atoms with van der Waals surface area (Å²) in [7, 11) is -3.94. The molecule has 3 rings (SSSR count). The summed E-state index contributed by atoms with van der Waals surface area (Å²) in [4.78, 5) is 25.1. The summed E-state index contributed by atoms with van der Waals surface area (Å²) in [5.74, 6) is -0.106. The van der Waals surface area contributed by atoms with E-state index in [2.05, 4.69) is 5.32 Å². The number of anilines is 1. The lowest BCUT2D eigenvalue weighted by Crippen LogP contribution is -2.21. The highest BCUT2D eigenvalue weighted by molar-refractivity contribution is 7.89. The summed E-state index contributed by atoms with van der Waals surface area (Å²) in [5, 5.41) is 8.09. The number of fused-ring (bicyclic) bond motifs is 1. The molecule has 10 heteroatoms. The molecule has 0 atom stereocenters. The number of ether oxygens (including phenoxy) is 1. The number of amides is 1. The molecule has 0 aliphatic heterocycles. The highest BCUT2D eigenvalue weighted by Crippen LogP contribution is 2.30. The van der Waals surface area contributed by atoms with Gasteiger partial charge in [0.1, 0.15) is 16.9 Å². The Morgan fingerprint density at radius 2 is 1.94 bits per heavy atom. The van der Waals surface area contributed by atoms with E-state index < -0.39 is 21.6 Å². The fourth-order valence-electron chi connectivity index (χ4n) is 3.12. The van der Waals surface area contributed by atoms with Crippen LogP contribution in [0.1, 0.15) is 36.2 Å². The molecule has 0 aliphatic carbocycles. The Morgan fingerprint density at radius 1 is 1.19 bits per heavy atom. The minimum atomic E-state index is -3.94. The maximum absolute atomic E-state index is 12.7. The Bertz CT molecular complexity index is 1320. The molecule has 1 heterocycles. The number of halogens is 1. The largest absolute Gasteiger partial charge is 0.493 e. The topological polar surface area (TPSA) is 129 Å². The molecule has 0 aliphatic rings.